The second kappa shape index (κ2) is 7.98. The molecule has 2 atom stereocenters. The quantitative estimate of drug-likeness (QED) is 0.758. The fourth-order valence-corrected chi connectivity index (χ4v) is 4.24. The first-order valence-electron chi connectivity index (χ1n) is 9.36. The van der Waals surface area contributed by atoms with Crippen LogP contribution in [0.4, 0.5) is 4.39 Å². The Hall–Kier alpha value is -1.92. The van der Waals surface area contributed by atoms with Gasteiger partial charge in [-0.25, -0.2) is 4.39 Å². The van der Waals surface area contributed by atoms with Gasteiger partial charge in [-0.05, 0) is 74.7 Å². The van der Waals surface area contributed by atoms with Crippen LogP contribution in [-0.2, 0) is 0 Å². The lowest BCUT2D eigenvalue weighted by Crippen LogP contribution is -2.47. The highest BCUT2D eigenvalue weighted by Crippen LogP contribution is 2.28. The van der Waals surface area contributed by atoms with Crippen molar-refractivity contribution in [1.82, 2.24) is 10.2 Å². The number of rotatable bonds is 4. The molecule has 2 fully saturated rings. The lowest BCUT2D eigenvalue weighted by molar-refractivity contribution is 0.0895. The van der Waals surface area contributed by atoms with E-state index >= 15 is 0 Å². The third kappa shape index (κ3) is 4.33. The van der Waals surface area contributed by atoms with Gasteiger partial charge in [0.2, 0.25) is 0 Å². The minimum absolute atomic E-state index is 0.105. The second-order valence-corrected chi connectivity index (χ2v) is 8.14. The largest absolute Gasteiger partial charge is 0.454 e. The van der Waals surface area contributed by atoms with Gasteiger partial charge in [0.15, 0.2) is 11.6 Å². The summed E-state index contributed by atoms with van der Waals surface area (Å²) in [7, 11) is 0. The molecule has 4 rings (SSSR count). The molecule has 1 amide bonds. The molecule has 2 heterocycles. The highest BCUT2D eigenvalue weighted by molar-refractivity contribution is 9.10. The fourth-order valence-electron chi connectivity index (χ4n) is 3.98. The highest BCUT2D eigenvalue weighted by Gasteiger charge is 2.32. The summed E-state index contributed by atoms with van der Waals surface area (Å²) in [5.74, 6) is -0.123. The van der Waals surface area contributed by atoms with Crippen LogP contribution in [0.15, 0.2) is 46.9 Å². The van der Waals surface area contributed by atoms with Gasteiger partial charge in [-0.2, -0.15) is 0 Å². The second-order valence-electron chi connectivity index (χ2n) is 7.23. The van der Waals surface area contributed by atoms with Crippen LogP contribution in [0.3, 0.4) is 0 Å². The summed E-state index contributed by atoms with van der Waals surface area (Å²) >= 11 is 3.35. The molecule has 1 N–H and O–H groups in total. The van der Waals surface area contributed by atoms with E-state index in [0.717, 1.165) is 23.9 Å². The summed E-state index contributed by atoms with van der Waals surface area (Å²) in [6.07, 6.45) is 4.40. The zero-order valence-corrected chi connectivity index (χ0v) is 16.5. The van der Waals surface area contributed by atoms with Gasteiger partial charge < -0.3 is 15.0 Å². The van der Waals surface area contributed by atoms with Crippen LogP contribution in [0.1, 0.15) is 36.0 Å². The summed E-state index contributed by atoms with van der Waals surface area (Å²) in [5, 5.41) is 3.07. The van der Waals surface area contributed by atoms with Gasteiger partial charge in [-0.1, -0.05) is 15.9 Å². The van der Waals surface area contributed by atoms with Gasteiger partial charge in [0.05, 0.1) is 0 Å². The summed E-state index contributed by atoms with van der Waals surface area (Å²) < 4.78 is 20.9. The van der Waals surface area contributed by atoms with Crippen LogP contribution in [0.25, 0.3) is 0 Å². The lowest BCUT2D eigenvalue weighted by atomic mass is 9.97. The van der Waals surface area contributed by atoms with Crippen LogP contribution in [-0.4, -0.2) is 36.0 Å². The number of nitrogens with zero attached hydrogens (tertiary/aromatic N) is 1. The van der Waals surface area contributed by atoms with Crippen LogP contribution in [0.5, 0.6) is 11.5 Å². The number of ether oxygens (including phenoxy) is 1. The van der Waals surface area contributed by atoms with E-state index < -0.39 is 5.82 Å². The van der Waals surface area contributed by atoms with Gasteiger partial charge in [-0.15, -0.1) is 0 Å². The molecule has 0 aliphatic carbocycles. The molecule has 2 aromatic carbocycles. The number of carbonyl (C=O) groups is 1. The van der Waals surface area contributed by atoms with Gasteiger partial charge in [0.1, 0.15) is 5.75 Å². The predicted octanol–water partition coefficient (Wildman–Crippen LogP) is 4.74. The molecule has 2 aromatic rings. The Morgan fingerprint density at radius 3 is 2.74 bits per heavy atom. The van der Waals surface area contributed by atoms with Crippen molar-refractivity contribution in [3.63, 3.8) is 0 Å². The summed E-state index contributed by atoms with van der Waals surface area (Å²) in [6, 6.07) is 12.3. The molecule has 27 heavy (non-hydrogen) atoms. The zero-order chi connectivity index (χ0) is 18.8. The molecule has 2 aliphatic rings. The molecule has 2 aliphatic heterocycles. The minimum Gasteiger partial charge on any atom is -0.454 e. The van der Waals surface area contributed by atoms with E-state index in [1.54, 1.807) is 18.2 Å². The van der Waals surface area contributed by atoms with Gasteiger partial charge in [0, 0.05) is 28.7 Å². The number of hydrogen-bond acceptors (Lipinski definition) is 3. The number of nitrogens with one attached hydrogen (secondary N) is 1. The third-order valence-corrected chi connectivity index (χ3v) is 5.92. The Kier molecular flexibility index (Phi) is 5.45. The Balaban J connectivity index is 1.39. The van der Waals surface area contributed by atoms with Crippen molar-refractivity contribution in [3.8, 4) is 11.5 Å². The average Bonchev–Trinajstić information content (AvgIpc) is 3.13. The van der Waals surface area contributed by atoms with Crippen molar-refractivity contribution in [2.45, 2.75) is 37.8 Å². The smallest absolute Gasteiger partial charge is 0.251 e. The zero-order valence-electron chi connectivity index (χ0n) is 15.0. The van der Waals surface area contributed by atoms with E-state index in [2.05, 4.69) is 26.1 Å². The Morgan fingerprint density at radius 1 is 1.15 bits per heavy atom. The van der Waals surface area contributed by atoms with Crippen molar-refractivity contribution >= 4 is 21.8 Å². The van der Waals surface area contributed by atoms with Crippen molar-refractivity contribution in [2.75, 3.05) is 13.1 Å². The summed E-state index contributed by atoms with van der Waals surface area (Å²) in [6.45, 7) is 2.21. The van der Waals surface area contributed by atoms with E-state index in [4.69, 9.17) is 4.74 Å². The molecule has 0 saturated carbocycles. The molecular formula is C21H22BrFN2O2. The topological polar surface area (TPSA) is 41.6 Å². The highest BCUT2D eigenvalue weighted by atomic mass is 79.9. The van der Waals surface area contributed by atoms with Gasteiger partial charge >= 0.3 is 0 Å². The molecule has 0 unspecified atom stereocenters. The number of fused-ring (bicyclic) bond motifs is 1. The molecular weight excluding hydrogens is 411 g/mol. The summed E-state index contributed by atoms with van der Waals surface area (Å²) in [5.41, 5.74) is 0.324. The van der Waals surface area contributed by atoms with Crippen LogP contribution < -0.4 is 10.1 Å². The van der Waals surface area contributed by atoms with Crippen molar-refractivity contribution in [1.29, 1.82) is 0 Å². The van der Waals surface area contributed by atoms with E-state index in [9.17, 15) is 9.18 Å². The van der Waals surface area contributed by atoms with E-state index in [0.29, 0.717) is 17.4 Å². The van der Waals surface area contributed by atoms with Crippen LogP contribution in [0.2, 0.25) is 0 Å². The summed E-state index contributed by atoms with van der Waals surface area (Å²) in [4.78, 5) is 15.0. The van der Waals surface area contributed by atoms with Crippen LogP contribution >= 0.6 is 15.9 Å². The van der Waals surface area contributed by atoms with Crippen molar-refractivity contribution in [3.05, 3.63) is 58.3 Å². The first-order chi connectivity index (χ1) is 13.1. The van der Waals surface area contributed by atoms with Crippen molar-refractivity contribution in [2.24, 2.45) is 0 Å². The number of halogens is 2. The monoisotopic (exact) mass is 432 g/mol. The number of carbonyl (C=O) groups excluding carboxylic acids is 1. The lowest BCUT2D eigenvalue weighted by Gasteiger charge is -2.35. The first-order valence-corrected chi connectivity index (χ1v) is 10.2. The van der Waals surface area contributed by atoms with Gasteiger partial charge in [-0.3, -0.25) is 4.79 Å². The van der Waals surface area contributed by atoms with E-state index in [1.807, 2.05) is 12.1 Å². The number of benzene rings is 2. The van der Waals surface area contributed by atoms with E-state index in [1.165, 1.54) is 31.5 Å². The third-order valence-electron chi connectivity index (χ3n) is 5.39. The fraction of sp³-hybridized carbons (Fsp3) is 0.381. The first kappa shape index (κ1) is 18.4. The molecule has 4 nitrogen and oxygen atoms in total. The number of amides is 1. The predicted molar refractivity (Wildman–Crippen MR) is 106 cm³/mol. The molecule has 2 saturated heterocycles. The maximum atomic E-state index is 14.4. The molecule has 0 radical (unpaired) electrons. The molecule has 0 spiro atoms. The Bertz CT molecular complexity index is 827. The van der Waals surface area contributed by atoms with Crippen LogP contribution in [0, 0.1) is 5.82 Å². The minimum atomic E-state index is -0.545. The maximum Gasteiger partial charge on any atom is 0.251 e. The SMILES string of the molecule is O=C(N[C@@H]1CCN2CCC[C@H]2C1)c1ccc(Oc2ccc(Br)cc2)c(F)c1. The molecule has 0 aromatic heterocycles. The molecule has 6 heteroatoms. The Morgan fingerprint density at radius 2 is 1.96 bits per heavy atom. The van der Waals surface area contributed by atoms with E-state index in [-0.39, 0.29) is 17.7 Å². The molecule has 0 bridgehead atoms. The standard InChI is InChI=1S/C21H22BrFN2O2/c22-15-4-6-18(7-5-15)27-20-8-3-14(12-19(20)23)21(26)24-16-9-11-25-10-1-2-17(25)13-16/h3-8,12,16-17H,1-2,9-11,13H2,(H,24,26)/t16-,17+/m1/s1. The van der Waals surface area contributed by atoms with Crippen molar-refractivity contribution < 1.29 is 13.9 Å². The maximum absolute atomic E-state index is 14.4. The van der Waals surface area contributed by atoms with Gasteiger partial charge in [0.25, 0.3) is 5.91 Å². The number of piperidine rings is 1. The molecule has 142 valence electrons. The number of hydrogen-bond donors (Lipinski definition) is 1. The normalized spacial score (nSPS) is 22.3. The Labute approximate surface area is 166 Å². The average molecular weight is 433 g/mol.